The number of non-ortho nitro benzene ring substituents is 1. The van der Waals surface area contributed by atoms with Crippen molar-refractivity contribution in [2.75, 3.05) is 19.4 Å². The molecule has 1 saturated carbocycles. The van der Waals surface area contributed by atoms with Crippen molar-refractivity contribution >= 4 is 11.4 Å². The normalized spacial score (nSPS) is 15.9. The third-order valence-electron chi connectivity index (χ3n) is 3.94. The fourth-order valence-corrected chi connectivity index (χ4v) is 2.81. The van der Waals surface area contributed by atoms with Crippen LogP contribution in [0.5, 0.6) is 0 Å². The number of hydrogen-bond acceptors (Lipinski definition) is 4. The van der Waals surface area contributed by atoms with E-state index in [1.165, 1.54) is 25.7 Å². The molecule has 5 heteroatoms. The second-order valence-electron chi connectivity index (χ2n) is 5.20. The quantitative estimate of drug-likeness (QED) is 0.655. The standard InChI is InChI=1S/C14H21N3O2/c1-15-14-8-7-13(17(18)19)9-11(14)10-16(2)12-5-3-4-6-12/h7-9,12,15H,3-6,10H2,1-2H3. The highest BCUT2D eigenvalue weighted by Crippen LogP contribution is 2.27. The summed E-state index contributed by atoms with van der Waals surface area (Å²) in [6, 6.07) is 5.63. The summed E-state index contributed by atoms with van der Waals surface area (Å²) in [5.41, 5.74) is 2.12. The monoisotopic (exact) mass is 263 g/mol. The number of nitro benzene ring substituents is 1. The zero-order valence-corrected chi connectivity index (χ0v) is 11.6. The largest absolute Gasteiger partial charge is 0.388 e. The number of nitro groups is 1. The molecule has 0 spiro atoms. The minimum atomic E-state index is -0.335. The predicted molar refractivity (Wildman–Crippen MR) is 76.4 cm³/mol. The van der Waals surface area contributed by atoms with Gasteiger partial charge in [-0.25, -0.2) is 0 Å². The third-order valence-corrected chi connectivity index (χ3v) is 3.94. The van der Waals surface area contributed by atoms with E-state index in [1.807, 2.05) is 7.05 Å². The Labute approximate surface area is 113 Å². The van der Waals surface area contributed by atoms with Gasteiger partial charge in [0.15, 0.2) is 0 Å². The Morgan fingerprint density at radius 3 is 2.68 bits per heavy atom. The number of benzene rings is 1. The molecule has 1 aromatic carbocycles. The molecule has 0 unspecified atom stereocenters. The first kappa shape index (κ1) is 13.8. The molecular weight excluding hydrogens is 242 g/mol. The van der Waals surface area contributed by atoms with E-state index in [-0.39, 0.29) is 10.6 Å². The summed E-state index contributed by atoms with van der Waals surface area (Å²) >= 11 is 0. The van der Waals surface area contributed by atoms with Crippen LogP contribution in [0, 0.1) is 10.1 Å². The van der Waals surface area contributed by atoms with Crippen molar-refractivity contribution in [3.05, 3.63) is 33.9 Å². The third kappa shape index (κ3) is 3.23. The molecule has 0 aromatic heterocycles. The lowest BCUT2D eigenvalue weighted by Gasteiger charge is -2.25. The lowest BCUT2D eigenvalue weighted by atomic mass is 10.1. The molecule has 19 heavy (non-hydrogen) atoms. The van der Waals surface area contributed by atoms with Crippen molar-refractivity contribution in [3.63, 3.8) is 0 Å². The molecule has 0 radical (unpaired) electrons. The molecule has 0 aliphatic heterocycles. The van der Waals surface area contributed by atoms with Crippen LogP contribution in [0.4, 0.5) is 11.4 Å². The predicted octanol–water partition coefficient (Wildman–Crippen LogP) is 3.01. The van der Waals surface area contributed by atoms with E-state index in [1.54, 1.807) is 18.2 Å². The van der Waals surface area contributed by atoms with Gasteiger partial charge in [-0.2, -0.15) is 0 Å². The molecule has 5 nitrogen and oxygen atoms in total. The number of anilines is 1. The summed E-state index contributed by atoms with van der Waals surface area (Å²) in [5.74, 6) is 0. The maximum absolute atomic E-state index is 10.9. The van der Waals surface area contributed by atoms with Crippen molar-refractivity contribution in [1.29, 1.82) is 0 Å². The van der Waals surface area contributed by atoms with Crippen LogP contribution >= 0.6 is 0 Å². The van der Waals surface area contributed by atoms with E-state index in [0.29, 0.717) is 6.04 Å². The minimum absolute atomic E-state index is 0.161. The van der Waals surface area contributed by atoms with Crippen LogP contribution in [-0.4, -0.2) is 30.0 Å². The van der Waals surface area contributed by atoms with Crippen LogP contribution in [0.1, 0.15) is 31.2 Å². The summed E-state index contributed by atoms with van der Waals surface area (Å²) in [6.07, 6.45) is 5.06. The van der Waals surface area contributed by atoms with E-state index in [2.05, 4.69) is 17.3 Å². The smallest absolute Gasteiger partial charge is 0.269 e. The number of hydrogen-bond donors (Lipinski definition) is 1. The van der Waals surface area contributed by atoms with Crippen molar-refractivity contribution in [3.8, 4) is 0 Å². The first-order valence-electron chi connectivity index (χ1n) is 6.77. The number of nitrogens with one attached hydrogen (secondary N) is 1. The maximum Gasteiger partial charge on any atom is 0.269 e. The zero-order chi connectivity index (χ0) is 13.8. The molecule has 0 heterocycles. The summed E-state index contributed by atoms with van der Waals surface area (Å²) in [7, 11) is 3.95. The summed E-state index contributed by atoms with van der Waals surface area (Å²) in [5, 5.41) is 14.0. The van der Waals surface area contributed by atoms with Gasteiger partial charge in [0.2, 0.25) is 0 Å². The van der Waals surface area contributed by atoms with E-state index >= 15 is 0 Å². The summed E-state index contributed by atoms with van der Waals surface area (Å²) in [4.78, 5) is 12.8. The van der Waals surface area contributed by atoms with Gasteiger partial charge in [-0.3, -0.25) is 15.0 Å². The molecule has 0 bridgehead atoms. The van der Waals surface area contributed by atoms with E-state index in [9.17, 15) is 10.1 Å². The lowest BCUT2D eigenvalue weighted by molar-refractivity contribution is -0.384. The molecule has 0 atom stereocenters. The van der Waals surface area contributed by atoms with Crippen LogP contribution in [-0.2, 0) is 6.54 Å². The van der Waals surface area contributed by atoms with Gasteiger partial charge < -0.3 is 5.32 Å². The van der Waals surface area contributed by atoms with Gasteiger partial charge >= 0.3 is 0 Å². The summed E-state index contributed by atoms with van der Waals surface area (Å²) < 4.78 is 0. The van der Waals surface area contributed by atoms with E-state index in [4.69, 9.17) is 0 Å². The Bertz CT molecular complexity index is 456. The highest BCUT2D eigenvalue weighted by atomic mass is 16.6. The Kier molecular flexibility index (Phi) is 4.37. The molecule has 1 fully saturated rings. The van der Waals surface area contributed by atoms with Gasteiger partial charge in [0.25, 0.3) is 5.69 Å². The molecular formula is C14H21N3O2. The Morgan fingerprint density at radius 1 is 1.42 bits per heavy atom. The van der Waals surface area contributed by atoms with Crippen molar-refractivity contribution in [2.45, 2.75) is 38.3 Å². The molecule has 1 aromatic rings. The average Bonchev–Trinajstić information content (AvgIpc) is 2.92. The van der Waals surface area contributed by atoms with E-state index < -0.39 is 0 Å². The molecule has 0 saturated heterocycles. The highest BCUT2D eigenvalue weighted by Gasteiger charge is 2.21. The molecule has 2 rings (SSSR count). The zero-order valence-electron chi connectivity index (χ0n) is 11.6. The maximum atomic E-state index is 10.9. The van der Waals surface area contributed by atoms with Crippen LogP contribution in [0.3, 0.4) is 0 Å². The van der Waals surface area contributed by atoms with Gasteiger partial charge in [-0.15, -0.1) is 0 Å². The molecule has 1 N–H and O–H groups in total. The molecule has 1 aliphatic rings. The molecule has 1 aliphatic carbocycles. The fraction of sp³-hybridized carbons (Fsp3) is 0.571. The highest BCUT2D eigenvalue weighted by molar-refractivity contribution is 5.55. The van der Waals surface area contributed by atoms with Crippen molar-refractivity contribution < 1.29 is 4.92 Å². The second kappa shape index (κ2) is 6.02. The second-order valence-corrected chi connectivity index (χ2v) is 5.20. The lowest BCUT2D eigenvalue weighted by Crippen LogP contribution is -2.28. The van der Waals surface area contributed by atoms with Crippen molar-refractivity contribution in [1.82, 2.24) is 4.90 Å². The number of rotatable bonds is 5. The fourth-order valence-electron chi connectivity index (χ4n) is 2.81. The van der Waals surface area contributed by atoms with Gasteiger partial charge in [0, 0.05) is 37.5 Å². The van der Waals surface area contributed by atoms with Crippen LogP contribution < -0.4 is 5.32 Å². The SMILES string of the molecule is CNc1ccc([N+](=O)[O-])cc1CN(C)C1CCCC1. The van der Waals surface area contributed by atoms with Gasteiger partial charge in [-0.1, -0.05) is 12.8 Å². The van der Waals surface area contributed by atoms with Gasteiger partial charge in [-0.05, 0) is 31.5 Å². The first-order valence-corrected chi connectivity index (χ1v) is 6.77. The van der Waals surface area contributed by atoms with Crippen molar-refractivity contribution in [2.24, 2.45) is 0 Å². The van der Waals surface area contributed by atoms with Crippen LogP contribution in [0.2, 0.25) is 0 Å². The van der Waals surface area contributed by atoms with Crippen LogP contribution in [0.15, 0.2) is 18.2 Å². The topological polar surface area (TPSA) is 58.4 Å². The van der Waals surface area contributed by atoms with Crippen LogP contribution in [0.25, 0.3) is 0 Å². The molecule has 104 valence electrons. The van der Waals surface area contributed by atoms with Gasteiger partial charge in [0.05, 0.1) is 4.92 Å². The Hall–Kier alpha value is -1.62. The van der Waals surface area contributed by atoms with E-state index in [0.717, 1.165) is 17.8 Å². The Balaban J connectivity index is 2.16. The summed E-state index contributed by atoms with van der Waals surface area (Å²) in [6.45, 7) is 0.752. The molecule has 0 amide bonds. The van der Waals surface area contributed by atoms with Gasteiger partial charge in [0.1, 0.15) is 0 Å². The number of nitrogens with zero attached hydrogens (tertiary/aromatic N) is 2. The first-order chi connectivity index (χ1) is 9.11. The average molecular weight is 263 g/mol. The minimum Gasteiger partial charge on any atom is -0.388 e. The Morgan fingerprint density at radius 2 is 2.11 bits per heavy atom.